The molecule has 3 atom stereocenters. The Bertz CT molecular complexity index is 407. The van der Waals surface area contributed by atoms with Crippen molar-refractivity contribution in [2.45, 2.75) is 5.92 Å². The van der Waals surface area contributed by atoms with Gasteiger partial charge in [0.15, 0.2) is 11.1 Å². The first kappa shape index (κ1) is 12.3. The quantitative estimate of drug-likeness (QED) is 0.659. The van der Waals surface area contributed by atoms with Gasteiger partial charge in [0.25, 0.3) is 16.0 Å². The average Bonchev–Trinajstić information content (AvgIpc) is 2.72. The topological polar surface area (TPSA) is 69.7 Å². The second kappa shape index (κ2) is 3.97. The van der Waals surface area contributed by atoms with Crippen molar-refractivity contribution in [2.24, 2.45) is 11.8 Å². The molecule has 5 nitrogen and oxygen atoms in total. The summed E-state index contributed by atoms with van der Waals surface area (Å²) in [6.07, 6.45) is 0. The molecule has 0 aliphatic carbocycles. The maximum Gasteiger partial charge on any atom is 0.267 e. The summed E-state index contributed by atoms with van der Waals surface area (Å²) in [5.41, 5.74) is 0. The zero-order valence-electron chi connectivity index (χ0n) is 8.10. The largest absolute Gasteiger partial charge is 0.290 e. The first-order chi connectivity index (χ1) is 7.31. The molecule has 0 saturated carbocycles. The van der Waals surface area contributed by atoms with Gasteiger partial charge in [-0.25, -0.2) is 13.0 Å². The van der Waals surface area contributed by atoms with Crippen LogP contribution in [0.2, 0.25) is 0 Å². The highest BCUT2D eigenvalue weighted by Gasteiger charge is 2.54. The lowest BCUT2D eigenvalue weighted by Crippen LogP contribution is -2.40. The maximum atomic E-state index is 13.8. The molecule has 0 aromatic rings. The van der Waals surface area contributed by atoms with Crippen molar-refractivity contribution in [3.8, 4) is 0 Å². The van der Waals surface area contributed by atoms with Gasteiger partial charge in [-0.3, -0.25) is 8.37 Å². The fourth-order valence-corrected chi connectivity index (χ4v) is 4.06. The van der Waals surface area contributed by atoms with Crippen LogP contribution in [0.15, 0.2) is 0 Å². The van der Waals surface area contributed by atoms with Gasteiger partial charge in [-0.15, -0.1) is 0 Å². The summed E-state index contributed by atoms with van der Waals surface area (Å²) in [5, 5.41) is 0. The number of alkyl halides is 2. The summed E-state index contributed by atoms with van der Waals surface area (Å²) in [5.74, 6) is -6.75. The summed E-state index contributed by atoms with van der Waals surface area (Å²) in [6.45, 7) is -0.825. The Morgan fingerprint density at radius 3 is 2.38 bits per heavy atom. The number of halogens is 2. The zero-order valence-corrected chi connectivity index (χ0v) is 9.73. The smallest absolute Gasteiger partial charge is 0.267 e. The van der Waals surface area contributed by atoms with Gasteiger partial charge in [0.05, 0.1) is 36.6 Å². The monoisotopic (exact) mass is 276 g/mol. The molecule has 94 valence electrons. The van der Waals surface area contributed by atoms with Crippen molar-refractivity contribution < 1.29 is 29.8 Å². The van der Waals surface area contributed by atoms with Crippen LogP contribution in [0.4, 0.5) is 8.78 Å². The molecule has 2 fully saturated rings. The van der Waals surface area contributed by atoms with Gasteiger partial charge in [-0.05, 0) is 0 Å². The molecule has 0 amide bonds. The second-order valence-corrected chi connectivity index (χ2v) is 6.69. The van der Waals surface area contributed by atoms with Crippen molar-refractivity contribution >= 4 is 21.2 Å². The van der Waals surface area contributed by atoms with E-state index in [1.165, 1.54) is 0 Å². The van der Waals surface area contributed by atoms with Crippen LogP contribution in [0.25, 0.3) is 0 Å². The van der Waals surface area contributed by atoms with Gasteiger partial charge in [0.1, 0.15) is 0 Å². The molecule has 2 saturated heterocycles. The number of rotatable bonds is 2. The molecule has 0 bridgehead atoms. The van der Waals surface area contributed by atoms with Crippen molar-refractivity contribution in [1.29, 1.82) is 0 Å². The normalized spacial score (nSPS) is 39.0. The fourth-order valence-electron chi connectivity index (χ4n) is 1.72. The molecule has 3 unspecified atom stereocenters. The summed E-state index contributed by atoms with van der Waals surface area (Å²) < 4.78 is 69.1. The first-order valence-electron chi connectivity index (χ1n) is 4.58. The van der Waals surface area contributed by atoms with Crippen LogP contribution in [0.1, 0.15) is 0 Å². The molecule has 2 aliphatic heterocycles. The molecule has 0 aromatic heterocycles. The minimum Gasteiger partial charge on any atom is -0.290 e. The highest BCUT2D eigenvalue weighted by atomic mass is 32.2. The van der Waals surface area contributed by atoms with Gasteiger partial charge in [0, 0.05) is 0 Å². The van der Waals surface area contributed by atoms with E-state index < -0.39 is 51.3 Å². The van der Waals surface area contributed by atoms with Crippen LogP contribution >= 0.6 is 0 Å². The van der Waals surface area contributed by atoms with E-state index >= 15 is 0 Å². The minimum atomic E-state index is -3.82. The molecule has 16 heavy (non-hydrogen) atoms. The van der Waals surface area contributed by atoms with Crippen LogP contribution in [0.5, 0.6) is 0 Å². The van der Waals surface area contributed by atoms with E-state index in [9.17, 15) is 21.4 Å². The Hall–Kier alpha value is -0.120. The van der Waals surface area contributed by atoms with E-state index in [1.54, 1.807) is 0 Å². The van der Waals surface area contributed by atoms with E-state index in [1.807, 2.05) is 0 Å². The third-order valence-electron chi connectivity index (χ3n) is 2.68. The minimum absolute atomic E-state index is 0.260. The van der Waals surface area contributed by atoms with Crippen LogP contribution in [-0.2, 0) is 29.6 Å². The van der Waals surface area contributed by atoms with Crippen molar-refractivity contribution in [2.75, 3.05) is 24.7 Å². The van der Waals surface area contributed by atoms with Gasteiger partial charge >= 0.3 is 0 Å². The highest BCUT2D eigenvalue weighted by Crippen LogP contribution is 2.39. The fraction of sp³-hybridized carbons (Fsp3) is 1.00. The molecule has 2 aliphatic rings. The second-order valence-electron chi connectivity index (χ2n) is 3.83. The zero-order chi connectivity index (χ0) is 12.0. The number of hydrogen-bond acceptors (Lipinski definition) is 5. The van der Waals surface area contributed by atoms with E-state index in [2.05, 4.69) is 8.37 Å². The molecular weight excluding hydrogens is 266 g/mol. The maximum absolute atomic E-state index is 13.8. The first-order valence-corrected chi connectivity index (χ1v) is 7.40. The van der Waals surface area contributed by atoms with Crippen molar-refractivity contribution in [1.82, 2.24) is 0 Å². The Balaban J connectivity index is 2.11. The summed E-state index contributed by atoms with van der Waals surface area (Å²) in [7, 11) is -3.82. The van der Waals surface area contributed by atoms with Gasteiger partial charge in [-0.2, -0.15) is 8.42 Å². The molecule has 9 heteroatoms. The lowest BCUT2D eigenvalue weighted by Gasteiger charge is -2.25. The average molecular weight is 276 g/mol. The Labute approximate surface area is 93.9 Å². The lowest BCUT2D eigenvalue weighted by atomic mass is 9.93. The summed E-state index contributed by atoms with van der Waals surface area (Å²) in [4.78, 5) is 0. The van der Waals surface area contributed by atoms with Crippen molar-refractivity contribution in [3.05, 3.63) is 0 Å². The third-order valence-corrected chi connectivity index (χ3v) is 5.06. The SMILES string of the molecule is O=S1CC(C(F)(F)C2COS(=O)(=O)C2)CO1. The molecule has 2 rings (SSSR count). The molecule has 0 radical (unpaired) electrons. The van der Waals surface area contributed by atoms with E-state index in [0.29, 0.717) is 0 Å². The van der Waals surface area contributed by atoms with Gasteiger partial charge in [0.2, 0.25) is 0 Å². The summed E-state index contributed by atoms with van der Waals surface area (Å²) in [6, 6.07) is 0. The van der Waals surface area contributed by atoms with E-state index in [0.717, 1.165) is 0 Å². The predicted octanol–water partition coefficient (Wildman–Crippen LogP) is -0.0920. The molecule has 0 N–H and O–H groups in total. The van der Waals surface area contributed by atoms with Crippen LogP contribution in [0, 0.1) is 11.8 Å². The Morgan fingerprint density at radius 1 is 1.25 bits per heavy atom. The van der Waals surface area contributed by atoms with Crippen LogP contribution in [-0.4, -0.2) is 43.3 Å². The molecule has 0 spiro atoms. The molecule has 0 aromatic carbocycles. The number of hydrogen-bond donors (Lipinski definition) is 0. The highest BCUT2D eigenvalue weighted by molar-refractivity contribution is 7.86. The standard InChI is InChI=1S/C7H10F2O5S2/c8-7(9,5-1-13-15(10)3-5)6-2-14-16(11,12)4-6/h5-6H,1-4H2. The van der Waals surface area contributed by atoms with Crippen LogP contribution < -0.4 is 0 Å². The lowest BCUT2D eigenvalue weighted by molar-refractivity contribution is -0.102. The Morgan fingerprint density at radius 2 is 1.94 bits per heavy atom. The van der Waals surface area contributed by atoms with Gasteiger partial charge in [-0.1, -0.05) is 0 Å². The van der Waals surface area contributed by atoms with E-state index in [4.69, 9.17) is 0 Å². The molecule has 2 heterocycles. The third kappa shape index (κ3) is 2.27. The van der Waals surface area contributed by atoms with E-state index in [-0.39, 0.29) is 12.4 Å². The predicted molar refractivity (Wildman–Crippen MR) is 50.6 cm³/mol. The molecular formula is C7H10F2O5S2. The van der Waals surface area contributed by atoms with Gasteiger partial charge < -0.3 is 0 Å². The Kier molecular flexibility index (Phi) is 3.06. The van der Waals surface area contributed by atoms with Crippen LogP contribution in [0.3, 0.4) is 0 Å². The summed E-state index contributed by atoms with van der Waals surface area (Å²) >= 11 is -1.69. The van der Waals surface area contributed by atoms with Crippen molar-refractivity contribution in [3.63, 3.8) is 0 Å².